The molecule has 3 nitrogen and oxygen atoms in total. The fourth-order valence-electron chi connectivity index (χ4n) is 1.44. The number of carbonyl (C=O) groups is 1. The van der Waals surface area contributed by atoms with Gasteiger partial charge < -0.3 is 9.47 Å². The van der Waals surface area contributed by atoms with Crippen molar-refractivity contribution in [2.24, 2.45) is 0 Å². The van der Waals surface area contributed by atoms with Gasteiger partial charge in [0.2, 0.25) is 0 Å². The maximum Gasteiger partial charge on any atom is 0.310 e. The molecule has 17 heavy (non-hydrogen) atoms. The molecule has 0 radical (unpaired) electrons. The third-order valence-electron chi connectivity index (χ3n) is 2.19. The zero-order valence-electron chi connectivity index (χ0n) is 9.76. The molecule has 0 amide bonds. The van der Waals surface area contributed by atoms with E-state index in [0.717, 1.165) is 0 Å². The predicted octanol–water partition coefficient (Wildman–Crippen LogP) is 2.68. The van der Waals surface area contributed by atoms with Crippen LogP contribution in [0.3, 0.4) is 0 Å². The van der Waals surface area contributed by atoms with Crippen molar-refractivity contribution in [1.29, 1.82) is 0 Å². The van der Waals surface area contributed by atoms with E-state index in [4.69, 9.17) is 21.1 Å². The zero-order chi connectivity index (χ0) is 12.8. The van der Waals surface area contributed by atoms with Crippen molar-refractivity contribution in [2.75, 3.05) is 13.7 Å². The predicted molar refractivity (Wildman–Crippen MR) is 62.8 cm³/mol. The lowest BCUT2D eigenvalue weighted by Gasteiger charge is -2.09. The Balaban J connectivity index is 3.00. The Morgan fingerprint density at radius 3 is 2.71 bits per heavy atom. The molecule has 0 heterocycles. The summed E-state index contributed by atoms with van der Waals surface area (Å²) in [6.07, 6.45) is -0.124. The highest BCUT2D eigenvalue weighted by atomic mass is 35.5. The first-order chi connectivity index (χ1) is 8.12. The van der Waals surface area contributed by atoms with Crippen LogP contribution in [-0.2, 0) is 21.8 Å². The molecule has 0 unspecified atom stereocenters. The highest BCUT2D eigenvalue weighted by Gasteiger charge is 2.14. The number of rotatable bonds is 5. The van der Waals surface area contributed by atoms with Crippen LogP contribution in [0, 0.1) is 5.82 Å². The van der Waals surface area contributed by atoms with Crippen molar-refractivity contribution in [3.8, 4) is 5.75 Å². The molecule has 1 aromatic carbocycles. The lowest BCUT2D eigenvalue weighted by Crippen LogP contribution is -2.09. The van der Waals surface area contributed by atoms with Crippen LogP contribution in [0.25, 0.3) is 0 Å². The summed E-state index contributed by atoms with van der Waals surface area (Å²) in [7, 11) is 1.37. The molecule has 0 aliphatic carbocycles. The minimum Gasteiger partial charge on any atom is -0.494 e. The van der Waals surface area contributed by atoms with Crippen LogP contribution >= 0.6 is 11.6 Å². The van der Waals surface area contributed by atoms with E-state index in [2.05, 4.69) is 0 Å². The number of hydrogen-bond acceptors (Lipinski definition) is 3. The van der Waals surface area contributed by atoms with E-state index in [1.54, 1.807) is 13.0 Å². The molecule has 0 aromatic heterocycles. The first-order valence-electron chi connectivity index (χ1n) is 5.19. The number of hydrogen-bond donors (Lipinski definition) is 0. The SMILES string of the molecule is CCOC(=O)Cc1cc(CCl)cc(OC)c1F. The first-order valence-corrected chi connectivity index (χ1v) is 5.72. The summed E-state index contributed by atoms with van der Waals surface area (Å²) in [5.41, 5.74) is 0.933. The fraction of sp³-hybridized carbons (Fsp3) is 0.417. The Kier molecular flexibility index (Phi) is 5.22. The second-order valence-electron chi connectivity index (χ2n) is 3.39. The van der Waals surface area contributed by atoms with Gasteiger partial charge in [-0.1, -0.05) is 6.07 Å². The molecule has 0 saturated carbocycles. The quantitative estimate of drug-likeness (QED) is 0.603. The molecule has 0 N–H and O–H groups in total. The van der Waals surface area contributed by atoms with Crippen LogP contribution in [0.15, 0.2) is 12.1 Å². The topological polar surface area (TPSA) is 35.5 Å². The molecular formula is C12H14ClFO3. The number of methoxy groups -OCH3 is 1. The Labute approximate surface area is 104 Å². The molecule has 0 spiro atoms. The fourth-order valence-corrected chi connectivity index (χ4v) is 1.59. The third-order valence-corrected chi connectivity index (χ3v) is 2.50. The lowest BCUT2D eigenvalue weighted by molar-refractivity contribution is -0.142. The van der Waals surface area contributed by atoms with E-state index in [1.807, 2.05) is 0 Å². The van der Waals surface area contributed by atoms with Gasteiger partial charge in [-0.25, -0.2) is 4.39 Å². The van der Waals surface area contributed by atoms with Crippen molar-refractivity contribution in [2.45, 2.75) is 19.2 Å². The second kappa shape index (κ2) is 6.45. The van der Waals surface area contributed by atoms with Crippen LogP contribution in [0.2, 0.25) is 0 Å². The molecule has 0 atom stereocenters. The van der Waals surface area contributed by atoms with E-state index in [9.17, 15) is 9.18 Å². The molecule has 0 saturated heterocycles. The average Bonchev–Trinajstić information content (AvgIpc) is 2.32. The molecule has 0 fully saturated rings. The Morgan fingerprint density at radius 1 is 1.47 bits per heavy atom. The minimum atomic E-state index is -0.547. The van der Waals surface area contributed by atoms with Crippen LogP contribution < -0.4 is 4.74 Å². The largest absolute Gasteiger partial charge is 0.494 e. The molecule has 94 valence electrons. The molecule has 0 aliphatic heterocycles. The highest BCUT2D eigenvalue weighted by molar-refractivity contribution is 6.17. The Morgan fingerprint density at radius 2 is 2.18 bits per heavy atom. The van der Waals surface area contributed by atoms with Crippen molar-refractivity contribution in [1.82, 2.24) is 0 Å². The minimum absolute atomic E-state index is 0.0856. The van der Waals surface area contributed by atoms with Gasteiger partial charge in [0.25, 0.3) is 0 Å². The van der Waals surface area contributed by atoms with E-state index < -0.39 is 11.8 Å². The van der Waals surface area contributed by atoms with Gasteiger partial charge in [-0.2, -0.15) is 0 Å². The second-order valence-corrected chi connectivity index (χ2v) is 3.65. The maximum atomic E-state index is 13.8. The number of halogens is 2. The summed E-state index contributed by atoms with van der Waals surface area (Å²) in [4.78, 5) is 11.3. The van der Waals surface area contributed by atoms with Gasteiger partial charge in [0.05, 0.1) is 20.1 Å². The number of alkyl halides is 1. The number of benzene rings is 1. The summed E-state index contributed by atoms with van der Waals surface area (Å²) in [5, 5.41) is 0. The number of carbonyl (C=O) groups excluding carboxylic acids is 1. The molecule has 0 aliphatic rings. The summed E-state index contributed by atoms with van der Waals surface area (Å²) in [6.45, 7) is 1.97. The van der Waals surface area contributed by atoms with Crippen molar-refractivity contribution in [3.05, 3.63) is 29.1 Å². The molecule has 1 aromatic rings. The summed E-state index contributed by atoms with van der Waals surface area (Å²) < 4.78 is 23.5. The average molecular weight is 261 g/mol. The van der Waals surface area contributed by atoms with Gasteiger partial charge in [0, 0.05) is 11.4 Å². The van der Waals surface area contributed by atoms with Crippen LogP contribution in [0.4, 0.5) is 4.39 Å². The smallest absolute Gasteiger partial charge is 0.310 e. The Hall–Kier alpha value is -1.29. The highest BCUT2D eigenvalue weighted by Crippen LogP contribution is 2.24. The first kappa shape index (κ1) is 13.8. The van der Waals surface area contributed by atoms with Crippen LogP contribution in [-0.4, -0.2) is 19.7 Å². The number of esters is 1. The van der Waals surface area contributed by atoms with E-state index in [-0.39, 0.29) is 30.2 Å². The summed E-state index contributed by atoms with van der Waals surface area (Å²) in [6, 6.07) is 3.05. The van der Waals surface area contributed by atoms with E-state index >= 15 is 0 Å². The van der Waals surface area contributed by atoms with Crippen molar-refractivity contribution >= 4 is 17.6 Å². The molecular weight excluding hydrogens is 247 g/mol. The van der Waals surface area contributed by atoms with E-state index in [0.29, 0.717) is 5.56 Å². The molecule has 0 bridgehead atoms. The maximum absolute atomic E-state index is 13.8. The lowest BCUT2D eigenvalue weighted by atomic mass is 10.1. The summed E-state index contributed by atoms with van der Waals surface area (Å²) in [5.74, 6) is -0.705. The summed E-state index contributed by atoms with van der Waals surface area (Å²) >= 11 is 5.68. The van der Waals surface area contributed by atoms with Gasteiger partial charge in [0.15, 0.2) is 11.6 Å². The van der Waals surface area contributed by atoms with Crippen LogP contribution in [0.1, 0.15) is 18.1 Å². The van der Waals surface area contributed by atoms with Gasteiger partial charge in [-0.3, -0.25) is 4.79 Å². The van der Waals surface area contributed by atoms with Crippen molar-refractivity contribution < 1.29 is 18.7 Å². The van der Waals surface area contributed by atoms with Gasteiger partial charge in [-0.15, -0.1) is 11.6 Å². The molecule has 1 rings (SSSR count). The monoisotopic (exact) mass is 260 g/mol. The van der Waals surface area contributed by atoms with Crippen molar-refractivity contribution in [3.63, 3.8) is 0 Å². The van der Waals surface area contributed by atoms with Crippen LogP contribution in [0.5, 0.6) is 5.75 Å². The van der Waals surface area contributed by atoms with Gasteiger partial charge in [-0.05, 0) is 18.6 Å². The van der Waals surface area contributed by atoms with E-state index in [1.165, 1.54) is 13.2 Å². The van der Waals surface area contributed by atoms with Gasteiger partial charge >= 0.3 is 5.97 Å². The number of ether oxygens (including phenoxy) is 2. The molecule has 5 heteroatoms. The zero-order valence-corrected chi connectivity index (χ0v) is 10.5. The Bertz CT molecular complexity index is 407. The standard InChI is InChI=1S/C12H14ClFO3/c1-3-17-11(15)6-9-4-8(7-13)5-10(16-2)12(9)14/h4-5H,3,6-7H2,1-2H3. The third kappa shape index (κ3) is 3.60. The van der Waals surface area contributed by atoms with Gasteiger partial charge in [0.1, 0.15) is 0 Å². The normalized spacial score (nSPS) is 10.1.